The first kappa shape index (κ1) is 12.6. The van der Waals surface area contributed by atoms with Crippen LogP contribution in [0.5, 0.6) is 0 Å². The zero-order chi connectivity index (χ0) is 12.1. The van der Waals surface area contributed by atoms with Crippen molar-refractivity contribution in [2.75, 3.05) is 26.2 Å². The quantitative estimate of drug-likeness (QED) is 0.770. The van der Waals surface area contributed by atoms with Crippen LogP contribution in [0.1, 0.15) is 25.8 Å². The Morgan fingerprint density at radius 2 is 1.88 bits per heavy atom. The lowest BCUT2D eigenvalue weighted by Crippen LogP contribution is -2.37. The summed E-state index contributed by atoms with van der Waals surface area (Å²) in [6, 6.07) is 11.6. The molecule has 0 aliphatic carbocycles. The van der Waals surface area contributed by atoms with Crippen LogP contribution in [0.3, 0.4) is 0 Å². The zero-order valence-electron chi connectivity index (χ0n) is 11.1. The molecule has 1 atom stereocenters. The summed E-state index contributed by atoms with van der Waals surface area (Å²) in [4.78, 5) is 5.17. The molecule has 1 aromatic carbocycles. The highest BCUT2D eigenvalue weighted by molar-refractivity contribution is 5.14. The normalized spacial score (nSPS) is 21.2. The average molecular weight is 232 g/mol. The van der Waals surface area contributed by atoms with Gasteiger partial charge in [0, 0.05) is 25.7 Å². The lowest BCUT2D eigenvalue weighted by atomic mass is 10.2. The molecular formula is C15H24N2. The Morgan fingerprint density at radius 1 is 1.18 bits per heavy atom. The Bertz CT molecular complexity index is 319. The summed E-state index contributed by atoms with van der Waals surface area (Å²) < 4.78 is 0. The van der Waals surface area contributed by atoms with E-state index >= 15 is 0 Å². The molecule has 94 valence electrons. The molecule has 17 heavy (non-hydrogen) atoms. The van der Waals surface area contributed by atoms with Crippen LogP contribution in [-0.4, -0.2) is 42.0 Å². The summed E-state index contributed by atoms with van der Waals surface area (Å²) >= 11 is 0. The Labute approximate surface area is 105 Å². The Balaban J connectivity index is 1.86. The second-order valence-corrected chi connectivity index (χ2v) is 4.88. The molecule has 1 heterocycles. The maximum atomic E-state index is 2.59. The van der Waals surface area contributed by atoms with E-state index in [4.69, 9.17) is 0 Å². The van der Waals surface area contributed by atoms with Crippen LogP contribution >= 0.6 is 0 Å². The molecule has 0 N–H and O–H groups in total. The van der Waals surface area contributed by atoms with Crippen LogP contribution in [0.4, 0.5) is 0 Å². The smallest absolute Gasteiger partial charge is 0.0235 e. The van der Waals surface area contributed by atoms with E-state index in [1.807, 2.05) is 0 Å². The van der Waals surface area contributed by atoms with Gasteiger partial charge in [-0.15, -0.1) is 0 Å². The molecule has 0 saturated carbocycles. The minimum absolute atomic E-state index is 0.772. The van der Waals surface area contributed by atoms with E-state index in [0.717, 1.165) is 12.6 Å². The van der Waals surface area contributed by atoms with Crippen molar-refractivity contribution in [1.82, 2.24) is 9.80 Å². The lowest BCUT2D eigenvalue weighted by Gasteiger charge is -2.26. The van der Waals surface area contributed by atoms with Gasteiger partial charge in [-0.1, -0.05) is 44.2 Å². The number of likely N-dealkylation sites (N-methyl/N-ethyl adjacent to an activating group) is 1. The van der Waals surface area contributed by atoms with Crippen LogP contribution in [0.15, 0.2) is 30.3 Å². The summed E-state index contributed by atoms with van der Waals surface area (Å²) in [5, 5.41) is 0. The van der Waals surface area contributed by atoms with E-state index in [1.54, 1.807) is 0 Å². The van der Waals surface area contributed by atoms with E-state index in [-0.39, 0.29) is 0 Å². The molecule has 1 unspecified atom stereocenters. The Morgan fingerprint density at radius 3 is 2.53 bits per heavy atom. The molecule has 1 saturated heterocycles. The predicted molar refractivity (Wildman–Crippen MR) is 73.0 cm³/mol. The van der Waals surface area contributed by atoms with Gasteiger partial charge in [-0.2, -0.15) is 0 Å². The molecule has 0 bridgehead atoms. The van der Waals surface area contributed by atoms with Gasteiger partial charge in [-0.25, -0.2) is 0 Å². The molecule has 1 aromatic rings. The second kappa shape index (κ2) is 6.18. The van der Waals surface area contributed by atoms with E-state index in [0.29, 0.717) is 0 Å². The van der Waals surface area contributed by atoms with Crippen molar-refractivity contribution in [3.05, 3.63) is 35.9 Å². The fraction of sp³-hybridized carbons (Fsp3) is 0.600. The van der Waals surface area contributed by atoms with Crippen molar-refractivity contribution in [3.8, 4) is 0 Å². The van der Waals surface area contributed by atoms with E-state index in [1.165, 1.54) is 38.2 Å². The van der Waals surface area contributed by atoms with Crippen molar-refractivity contribution in [2.24, 2.45) is 0 Å². The van der Waals surface area contributed by atoms with E-state index in [9.17, 15) is 0 Å². The molecule has 2 nitrogen and oxygen atoms in total. The van der Waals surface area contributed by atoms with E-state index in [2.05, 4.69) is 54.0 Å². The van der Waals surface area contributed by atoms with Crippen LogP contribution in [0, 0.1) is 0 Å². The molecule has 1 aliphatic heterocycles. The third-order valence-corrected chi connectivity index (χ3v) is 3.83. The maximum absolute atomic E-state index is 2.59. The van der Waals surface area contributed by atoms with Gasteiger partial charge in [-0.3, -0.25) is 9.80 Å². The standard InChI is InChI=1S/C15H24N2/c1-3-17(4-2)15-10-11-16(13-15)12-14-8-6-5-7-9-14/h5-9,15H,3-4,10-13H2,1-2H3. The molecule has 2 rings (SSSR count). The van der Waals surface area contributed by atoms with Gasteiger partial charge in [-0.05, 0) is 25.1 Å². The average Bonchev–Trinajstić information content (AvgIpc) is 2.81. The third-order valence-electron chi connectivity index (χ3n) is 3.83. The molecule has 0 amide bonds. The summed E-state index contributed by atoms with van der Waals surface area (Å²) in [5.74, 6) is 0. The highest BCUT2D eigenvalue weighted by Gasteiger charge is 2.25. The Kier molecular flexibility index (Phi) is 4.57. The van der Waals surface area contributed by atoms with Gasteiger partial charge in [0.25, 0.3) is 0 Å². The molecule has 0 radical (unpaired) electrons. The van der Waals surface area contributed by atoms with Crippen molar-refractivity contribution < 1.29 is 0 Å². The zero-order valence-corrected chi connectivity index (χ0v) is 11.1. The number of hydrogen-bond donors (Lipinski definition) is 0. The molecule has 1 aliphatic rings. The molecule has 2 heteroatoms. The highest BCUT2D eigenvalue weighted by atomic mass is 15.2. The molecular weight excluding hydrogens is 208 g/mol. The lowest BCUT2D eigenvalue weighted by molar-refractivity contribution is 0.209. The van der Waals surface area contributed by atoms with Gasteiger partial charge in [0.05, 0.1) is 0 Å². The summed E-state index contributed by atoms with van der Waals surface area (Å²) in [7, 11) is 0. The number of benzene rings is 1. The van der Waals surface area contributed by atoms with Gasteiger partial charge in [0.2, 0.25) is 0 Å². The predicted octanol–water partition coefficient (Wildman–Crippen LogP) is 2.60. The van der Waals surface area contributed by atoms with Gasteiger partial charge >= 0.3 is 0 Å². The van der Waals surface area contributed by atoms with Crippen molar-refractivity contribution >= 4 is 0 Å². The van der Waals surface area contributed by atoms with Gasteiger partial charge < -0.3 is 0 Å². The van der Waals surface area contributed by atoms with E-state index < -0.39 is 0 Å². The fourth-order valence-electron chi connectivity index (χ4n) is 2.84. The summed E-state index contributed by atoms with van der Waals surface area (Å²) in [6.45, 7) is 10.5. The fourth-order valence-corrected chi connectivity index (χ4v) is 2.84. The first-order valence-corrected chi connectivity index (χ1v) is 6.83. The van der Waals surface area contributed by atoms with Gasteiger partial charge in [0.15, 0.2) is 0 Å². The minimum Gasteiger partial charge on any atom is -0.300 e. The second-order valence-electron chi connectivity index (χ2n) is 4.88. The molecule has 0 aromatic heterocycles. The highest BCUT2D eigenvalue weighted by Crippen LogP contribution is 2.17. The largest absolute Gasteiger partial charge is 0.300 e. The maximum Gasteiger partial charge on any atom is 0.0235 e. The van der Waals surface area contributed by atoms with Crippen LogP contribution < -0.4 is 0 Å². The number of nitrogens with zero attached hydrogens (tertiary/aromatic N) is 2. The van der Waals surface area contributed by atoms with Crippen molar-refractivity contribution in [3.63, 3.8) is 0 Å². The topological polar surface area (TPSA) is 6.48 Å². The number of rotatable bonds is 5. The molecule has 1 fully saturated rings. The monoisotopic (exact) mass is 232 g/mol. The summed E-state index contributed by atoms with van der Waals surface area (Å²) in [6.07, 6.45) is 1.33. The number of hydrogen-bond acceptors (Lipinski definition) is 2. The SMILES string of the molecule is CCN(CC)C1CCN(Cc2ccccc2)C1. The van der Waals surface area contributed by atoms with Crippen LogP contribution in [0.25, 0.3) is 0 Å². The Hall–Kier alpha value is -0.860. The third kappa shape index (κ3) is 3.30. The molecule has 0 spiro atoms. The van der Waals surface area contributed by atoms with Gasteiger partial charge in [0.1, 0.15) is 0 Å². The first-order valence-electron chi connectivity index (χ1n) is 6.83. The first-order chi connectivity index (χ1) is 8.33. The van der Waals surface area contributed by atoms with Crippen molar-refractivity contribution in [1.29, 1.82) is 0 Å². The summed E-state index contributed by atoms with van der Waals surface area (Å²) in [5.41, 5.74) is 1.44. The minimum atomic E-state index is 0.772. The van der Waals surface area contributed by atoms with Crippen molar-refractivity contribution in [2.45, 2.75) is 32.9 Å². The van der Waals surface area contributed by atoms with Crippen LogP contribution in [-0.2, 0) is 6.54 Å². The van der Waals surface area contributed by atoms with Crippen LogP contribution in [0.2, 0.25) is 0 Å². The number of likely N-dealkylation sites (tertiary alicyclic amines) is 1.